The zero-order valence-electron chi connectivity index (χ0n) is 4.62. The number of nitrogens with one attached hydrogen (secondary N) is 2. The van der Waals surface area contributed by atoms with E-state index in [-0.39, 0.29) is 6.01 Å². The molecule has 10 heavy (non-hydrogen) atoms. The second-order valence-corrected chi connectivity index (χ2v) is 1.58. The van der Waals surface area contributed by atoms with Crippen LogP contribution in [0.1, 0.15) is 0 Å². The molecule has 0 saturated heterocycles. The molecule has 0 unspecified atom stereocenters. The highest BCUT2D eigenvalue weighted by molar-refractivity contribution is 7.75. The number of nitrogens with zero attached hydrogens (tertiary/aromatic N) is 1. The zero-order chi connectivity index (χ0) is 7.56. The van der Waals surface area contributed by atoms with Gasteiger partial charge in [0.05, 0.1) is 0 Å². The van der Waals surface area contributed by atoms with Gasteiger partial charge < -0.3 is 4.18 Å². The average Bonchev–Trinajstić information content (AvgIpc) is 1.85. The predicted molar refractivity (Wildman–Crippen MR) is 35.1 cm³/mol. The molecule has 0 fully saturated rings. The fourth-order valence-electron chi connectivity index (χ4n) is 0.417. The van der Waals surface area contributed by atoms with Crippen molar-refractivity contribution in [1.82, 2.24) is 15.0 Å². The van der Waals surface area contributed by atoms with E-state index in [2.05, 4.69) is 27.1 Å². The van der Waals surface area contributed by atoms with Gasteiger partial charge in [0.2, 0.25) is 0 Å². The Labute approximate surface area is 59.9 Å². The smallest absolute Gasteiger partial charge is 0.353 e. The standard InChI is InChI=1S/C3H3N3O3S/c7-1-4-2(8)6-3(5-1)9-10/h10H,(H2,4,5,6,7,8). The molecule has 1 aromatic heterocycles. The number of hydrogen-bond donors (Lipinski definition) is 3. The summed E-state index contributed by atoms with van der Waals surface area (Å²) in [5.74, 6) is 0. The van der Waals surface area contributed by atoms with Crippen LogP contribution in [0, 0.1) is 0 Å². The molecule has 0 aliphatic heterocycles. The average molecular weight is 161 g/mol. The van der Waals surface area contributed by atoms with Crippen molar-refractivity contribution in [2.75, 3.05) is 0 Å². The molecule has 0 radical (unpaired) electrons. The first-order valence-corrected chi connectivity index (χ1v) is 2.61. The van der Waals surface area contributed by atoms with Crippen LogP contribution in [-0.2, 0) is 0 Å². The third kappa shape index (κ3) is 1.38. The summed E-state index contributed by atoms with van der Waals surface area (Å²) in [6.45, 7) is 0. The molecule has 0 aliphatic carbocycles. The van der Waals surface area contributed by atoms with Gasteiger partial charge in [-0.3, -0.25) is 9.97 Å². The fraction of sp³-hybridized carbons (Fsp3) is 0. The van der Waals surface area contributed by atoms with E-state index >= 15 is 0 Å². The maximum absolute atomic E-state index is 10.4. The first-order chi connectivity index (χ1) is 4.72. The number of aromatic amines is 2. The van der Waals surface area contributed by atoms with Gasteiger partial charge in [-0.15, -0.1) is 4.98 Å². The molecule has 0 amide bonds. The third-order valence-corrected chi connectivity index (χ3v) is 0.903. The number of aromatic nitrogens is 3. The Kier molecular flexibility index (Phi) is 1.76. The Morgan fingerprint density at radius 1 is 1.40 bits per heavy atom. The van der Waals surface area contributed by atoms with Crippen molar-refractivity contribution >= 4 is 12.9 Å². The van der Waals surface area contributed by atoms with Crippen molar-refractivity contribution in [2.24, 2.45) is 0 Å². The predicted octanol–water partition coefficient (Wildman–Crippen LogP) is -1.32. The molecular weight excluding hydrogens is 158 g/mol. The van der Waals surface area contributed by atoms with Crippen LogP contribution in [0.15, 0.2) is 9.59 Å². The van der Waals surface area contributed by atoms with Crippen molar-refractivity contribution in [3.8, 4) is 6.01 Å². The Morgan fingerprint density at radius 3 is 2.60 bits per heavy atom. The van der Waals surface area contributed by atoms with Gasteiger partial charge in [-0.2, -0.15) is 0 Å². The summed E-state index contributed by atoms with van der Waals surface area (Å²) in [6, 6.07) is -0.225. The summed E-state index contributed by atoms with van der Waals surface area (Å²) in [5, 5.41) is 0. The minimum atomic E-state index is -0.771. The van der Waals surface area contributed by atoms with Gasteiger partial charge in [-0.05, 0) is 0 Å². The molecule has 7 heteroatoms. The van der Waals surface area contributed by atoms with Crippen LogP contribution in [0.2, 0.25) is 0 Å². The highest BCUT2D eigenvalue weighted by Gasteiger charge is 1.94. The second-order valence-electron chi connectivity index (χ2n) is 1.39. The van der Waals surface area contributed by atoms with E-state index in [0.29, 0.717) is 0 Å². The van der Waals surface area contributed by atoms with Crippen molar-refractivity contribution in [3.05, 3.63) is 21.0 Å². The topological polar surface area (TPSA) is 87.8 Å². The van der Waals surface area contributed by atoms with Crippen LogP contribution in [0.25, 0.3) is 0 Å². The lowest BCUT2D eigenvalue weighted by molar-refractivity contribution is 0.577. The molecule has 1 aromatic rings. The Bertz CT molecular complexity index is 300. The summed E-state index contributed by atoms with van der Waals surface area (Å²) < 4.78 is 4.18. The molecule has 6 nitrogen and oxygen atoms in total. The van der Waals surface area contributed by atoms with Crippen molar-refractivity contribution in [2.45, 2.75) is 0 Å². The molecule has 0 aromatic carbocycles. The number of H-pyrrole nitrogens is 2. The Balaban J connectivity index is 3.33. The fourth-order valence-corrected chi connectivity index (χ4v) is 0.503. The van der Waals surface area contributed by atoms with Crippen LogP contribution in [0.5, 0.6) is 6.01 Å². The summed E-state index contributed by atoms with van der Waals surface area (Å²) in [5.41, 5.74) is -1.45. The normalized spacial score (nSPS) is 9.30. The number of thiol groups is 1. The maximum Gasteiger partial charge on any atom is 0.353 e. The summed E-state index contributed by atoms with van der Waals surface area (Å²) in [4.78, 5) is 27.9. The molecule has 0 spiro atoms. The van der Waals surface area contributed by atoms with Crippen LogP contribution < -0.4 is 15.6 Å². The van der Waals surface area contributed by atoms with Gasteiger partial charge in [0.1, 0.15) is 0 Å². The van der Waals surface area contributed by atoms with Gasteiger partial charge in [0.15, 0.2) is 0 Å². The molecule has 0 bridgehead atoms. The lowest BCUT2D eigenvalue weighted by Crippen LogP contribution is -2.24. The van der Waals surface area contributed by atoms with E-state index in [1.54, 1.807) is 0 Å². The van der Waals surface area contributed by atoms with E-state index in [1.807, 2.05) is 4.98 Å². The monoisotopic (exact) mass is 161 g/mol. The molecule has 0 aliphatic rings. The van der Waals surface area contributed by atoms with Crippen LogP contribution >= 0.6 is 12.9 Å². The Morgan fingerprint density at radius 2 is 2.10 bits per heavy atom. The van der Waals surface area contributed by atoms with Gasteiger partial charge in [-0.25, -0.2) is 9.59 Å². The summed E-state index contributed by atoms with van der Waals surface area (Å²) in [6.07, 6.45) is 0. The maximum atomic E-state index is 10.4. The zero-order valence-corrected chi connectivity index (χ0v) is 5.51. The molecule has 2 N–H and O–H groups in total. The number of rotatable bonds is 1. The van der Waals surface area contributed by atoms with E-state index < -0.39 is 11.4 Å². The SMILES string of the molecule is O=c1nc(OS)[nH]c(=O)[nH]1. The Hall–Kier alpha value is -1.24. The van der Waals surface area contributed by atoms with Gasteiger partial charge in [0.25, 0.3) is 0 Å². The van der Waals surface area contributed by atoms with Crippen LogP contribution in [0.3, 0.4) is 0 Å². The third-order valence-electron chi connectivity index (χ3n) is 0.730. The molecule has 0 saturated carbocycles. The van der Waals surface area contributed by atoms with E-state index in [9.17, 15) is 9.59 Å². The van der Waals surface area contributed by atoms with Gasteiger partial charge in [-0.1, -0.05) is 0 Å². The van der Waals surface area contributed by atoms with Gasteiger partial charge in [0, 0.05) is 12.9 Å². The molecular formula is C3H3N3O3S. The van der Waals surface area contributed by atoms with E-state index in [0.717, 1.165) is 0 Å². The number of hydrogen-bond acceptors (Lipinski definition) is 5. The lowest BCUT2D eigenvalue weighted by atomic mass is 11.0. The minimum absolute atomic E-state index is 0.225. The lowest BCUT2D eigenvalue weighted by Gasteiger charge is -1.90. The molecule has 1 rings (SSSR count). The molecule has 0 atom stereocenters. The largest absolute Gasteiger partial charge is 0.394 e. The summed E-state index contributed by atoms with van der Waals surface area (Å²) in [7, 11) is 0. The quantitative estimate of drug-likeness (QED) is 0.352. The van der Waals surface area contributed by atoms with Crippen molar-refractivity contribution in [3.63, 3.8) is 0 Å². The van der Waals surface area contributed by atoms with E-state index in [1.165, 1.54) is 0 Å². The second kappa shape index (κ2) is 2.56. The van der Waals surface area contributed by atoms with Crippen LogP contribution in [-0.4, -0.2) is 15.0 Å². The van der Waals surface area contributed by atoms with Crippen molar-refractivity contribution in [1.29, 1.82) is 0 Å². The van der Waals surface area contributed by atoms with Crippen molar-refractivity contribution < 1.29 is 4.18 Å². The highest BCUT2D eigenvalue weighted by Crippen LogP contribution is 1.91. The first kappa shape index (κ1) is 6.87. The van der Waals surface area contributed by atoms with E-state index in [4.69, 9.17) is 0 Å². The van der Waals surface area contributed by atoms with Crippen LogP contribution in [0.4, 0.5) is 0 Å². The highest BCUT2D eigenvalue weighted by atomic mass is 32.1. The molecule has 54 valence electrons. The van der Waals surface area contributed by atoms with Gasteiger partial charge >= 0.3 is 17.4 Å². The molecule has 1 heterocycles. The summed E-state index contributed by atoms with van der Waals surface area (Å²) >= 11 is 3.32. The first-order valence-electron chi connectivity index (χ1n) is 2.24. The minimum Gasteiger partial charge on any atom is -0.394 e.